The Hall–Kier alpha value is -2.71. The molecule has 8 heteroatoms. The maximum absolute atomic E-state index is 13.1. The van der Waals surface area contributed by atoms with Gasteiger partial charge in [-0.3, -0.25) is 4.79 Å². The summed E-state index contributed by atoms with van der Waals surface area (Å²) in [5, 5.41) is 0.587. The minimum absolute atomic E-state index is 0.0693. The molecule has 2 aromatic heterocycles. The molecule has 1 amide bonds. The molecule has 0 radical (unpaired) electrons. The molecule has 1 aromatic carbocycles. The summed E-state index contributed by atoms with van der Waals surface area (Å²) >= 11 is 0. The van der Waals surface area contributed by atoms with E-state index in [1.54, 1.807) is 23.2 Å². The van der Waals surface area contributed by atoms with Gasteiger partial charge in [-0.2, -0.15) is 4.31 Å². The third-order valence-corrected chi connectivity index (χ3v) is 7.27. The zero-order valence-corrected chi connectivity index (χ0v) is 17.2. The van der Waals surface area contributed by atoms with Gasteiger partial charge in [-0.1, -0.05) is 29.8 Å². The van der Waals surface area contributed by atoms with E-state index in [-0.39, 0.29) is 10.8 Å². The van der Waals surface area contributed by atoms with Crippen LogP contribution in [0.5, 0.6) is 0 Å². The van der Waals surface area contributed by atoms with Gasteiger partial charge in [-0.15, -0.1) is 0 Å². The number of aromatic amines is 1. The Morgan fingerprint density at radius 3 is 2.69 bits per heavy atom. The largest absolute Gasteiger partial charge is 0.345 e. The number of amides is 1. The third-order valence-electron chi connectivity index (χ3n) is 5.33. The highest BCUT2D eigenvalue weighted by Gasteiger charge is 2.31. The average Bonchev–Trinajstić information content (AvgIpc) is 3.17. The number of rotatable bonds is 5. The van der Waals surface area contributed by atoms with Gasteiger partial charge in [0, 0.05) is 50.4 Å². The summed E-state index contributed by atoms with van der Waals surface area (Å²) in [5.41, 5.74) is 2.88. The first-order chi connectivity index (χ1) is 13.9. The Labute approximate surface area is 170 Å². The quantitative estimate of drug-likeness (QED) is 0.697. The number of aryl methyl sites for hydroxylation is 2. The third kappa shape index (κ3) is 4.04. The summed E-state index contributed by atoms with van der Waals surface area (Å²) in [6.07, 6.45) is 4.24. The first-order valence-corrected chi connectivity index (χ1v) is 11.1. The van der Waals surface area contributed by atoms with E-state index in [1.807, 2.05) is 25.1 Å². The molecule has 1 aliphatic heterocycles. The summed E-state index contributed by atoms with van der Waals surface area (Å²) in [7, 11) is -3.63. The van der Waals surface area contributed by atoms with Crippen molar-refractivity contribution in [3.8, 4) is 0 Å². The lowest BCUT2D eigenvalue weighted by atomic mass is 10.1. The molecule has 1 N–H and O–H groups in total. The molecule has 3 heterocycles. The first-order valence-electron chi connectivity index (χ1n) is 9.71. The molecule has 0 unspecified atom stereocenters. The van der Waals surface area contributed by atoms with Gasteiger partial charge >= 0.3 is 0 Å². The Bertz CT molecular complexity index is 1130. The lowest BCUT2D eigenvalue weighted by molar-refractivity contribution is -0.132. The Balaban J connectivity index is 1.38. The molecule has 7 nitrogen and oxygen atoms in total. The fourth-order valence-electron chi connectivity index (χ4n) is 3.74. The molecule has 0 saturated carbocycles. The van der Waals surface area contributed by atoms with Crippen molar-refractivity contribution in [2.45, 2.75) is 24.7 Å². The highest BCUT2D eigenvalue weighted by Crippen LogP contribution is 2.25. The minimum Gasteiger partial charge on any atom is -0.345 e. The molecule has 1 fully saturated rings. The van der Waals surface area contributed by atoms with Crippen LogP contribution in [0.1, 0.15) is 17.5 Å². The standard InChI is InChI=1S/C21H24N4O3S/c1-16-4-2-5-17(14-16)7-8-20(26)24-10-12-25(13-11-24)29(27,28)19-15-23-21-18(19)6-3-9-22-21/h2-6,9,14-15H,7-8,10-13H2,1H3,(H,22,23). The number of piperazine rings is 1. The van der Waals surface area contributed by atoms with Crippen LogP contribution < -0.4 is 0 Å². The molecule has 1 saturated heterocycles. The van der Waals surface area contributed by atoms with Gasteiger partial charge in [-0.25, -0.2) is 13.4 Å². The zero-order chi connectivity index (χ0) is 20.4. The maximum atomic E-state index is 13.1. The molecule has 0 aliphatic carbocycles. The molecule has 29 heavy (non-hydrogen) atoms. The normalized spacial score (nSPS) is 15.7. The van der Waals surface area contributed by atoms with Crippen molar-refractivity contribution in [2.24, 2.45) is 0 Å². The lowest BCUT2D eigenvalue weighted by Crippen LogP contribution is -2.50. The number of fused-ring (bicyclic) bond motifs is 1. The maximum Gasteiger partial charge on any atom is 0.245 e. The number of nitrogens with zero attached hydrogens (tertiary/aromatic N) is 3. The SMILES string of the molecule is Cc1cccc(CCC(=O)N2CCN(S(=O)(=O)c3c[nH]c4ncccc34)CC2)c1. The van der Waals surface area contributed by atoms with Crippen LogP contribution in [0.3, 0.4) is 0 Å². The predicted molar refractivity (Wildman–Crippen MR) is 111 cm³/mol. The highest BCUT2D eigenvalue weighted by molar-refractivity contribution is 7.89. The Kier molecular flexibility index (Phi) is 5.38. The van der Waals surface area contributed by atoms with Gasteiger partial charge in [0.2, 0.25) is 15.9 Å². The number of aromatic nitrogens is 2. The second-order valence-electron chi connectivity index (χ2n) is 7.33. The van der Waals surface area contributed by atoms with E-state index >= 15 is 0 Å². The molecular weight excluding hydrogens is 388 g/mol. The van der Waals surface area contributed by atoms with Crippen molar-refractivity contribution in [2.75, 3.05) is 26.2 Å². The Morgan fingerprint density at radius 1 is 1.14 bits per heavy atom. The smallest absolute Gasteiger partial charge is 0.245 e. The number of sulfonamides is 1. The number of pyridine rings is 1. The monoisotopic (exact) mass is 412 g/mol. The van der Waals surface area contributed by atoms with Crippen LogP contribution in [0.15, 0.2) is 53.7 Å². The van der Waals surface area contributed by atoms with Crippen LogP contribution >= 0.6 is 0 Å². The molecule has 1 aliphatic rings. The van der Waals surface area contributed by atoms with Crippen molar-refractivity contribution in [3.05, 3.63) is 59.9 Å². The van der Waals surface area contributed by atoms with E-state index in [4.69, 9.17) is 0 Å². The molecule has 152 valence electrons. The van der Waals surface area contributed by atoms with E-state index < -0.39 is 10.0 Å². The number of H-pyrrole nitrogens is 1. The fraction of sp³-hybridized carbons (Fsp3) is 0.333. The van der Waals surface area contributed by atoms with Crippen LogP contribution in [0, 0.1) is 6.92 Å². The highest BCUT2D eigenvalue weighted by atomic mass is 32.2. The van der Waals surface area contributed by atoms with Crippen molar-refractivity contribution in [3.63, 3.8) is 0 Å². The summed E-state index contributed by atoms with van der Waals surface area (Å²) < 4.78 is 27.6. The molecule has 0 spiro atoms. The van der Waals surface area contributed by atoms with Gasteiger partial charge < -0.3 is 9.88 Å². The second-order valence-corrected chi connectivity index (χ2v) is 9.23. The summed E-state index contributed by atoms with van der Waals surface area (Å²) in [5.74, 6) is 0.0693. The number of hydrogen-bond acceptors (Lipinski definition) is 4. The van der Waals surface area contributed by atoms with Crippen molar-refractivity contribution in [1.29, 1.82) is 0 Å². The predicted octanol–water partition coefficient (Wildman–Crippen LogP) is 2.34. The number of benzene rings is 1. The van der Waals surface area contributed by atoms with Crippen LogP contribution in [-0.2, 0) is 21.2 Å². The van der Waals surface area contributed by atoms with Gasteiger partial charge in [0.25, 0.3) is 0 Å². The topological polar surface area (TPSA) is 86.4 Å². The van der Waals surface area contributed by atoms with Crippen LogP contribution in [0.25, 0.3) is 11.0 Å². The second kappa shape index (κ2) is 7.96. The van der Waals surface area contributed by atoms with Crippen molar-refractivity contribution < 1.29 is 13.2 Å². The van der Waals surface area contributed by atoms with Crippen molar-refractivity contribution in [1.82, 2.24) is 19.2 Å². The first kappa shape index (κ1) is 19.6. The molecule has 4 rings (SSSR count). The van der Waals surface area contributed by atoms with Gasteiger partial charge in [0.05, 0.1) is 0 Å². The zero-order valence-electron chi connectivity index (χ0n) is 16.3. The van der Waals surface area contributed by atoms with Gasteiger partial charge in [-0.05, 0) is 31.0 Å². The fourth-order valence-corrected chi connectivity index (χ4v) is 5.31. The minimum atomic E-state index is -3.63. The number of hydrogen-bond donors (Lipinski definition) is 1. The summed E-state index contributed by atoms with van der Waals surface area (Å²) in [4.78, 5) is 21.6. The average molecular weight is 413 g/mol. The summed E-state index contributed by atoms with van der Waals surface area (Å²) in [6.45, 7) is 3.45. The van der Waals surface area contributed by atoms with Crippen LogP contribution in [0.4, 0.5) is 0 Å². The van der Waals surface area contributed by atoms with E-state index in [0.717, 1.165) is 5.56 Å². The lowest BCUT2D eigenvalue weighted by Gasteiger charge is -2.34. The van der Waals surface area contributed by atoms with E-state index in [9.17, 15) is 13.2 Å². The van der Waals surface area contributed by atoms with Gasteiger partial charge in [0.1, 0.15) is 10.5 Å². The van der Waals surface area contributed by atoms with E-state index in [2.05, 4.69) is 16.0 Å². The van der Waals surface area contributed by atoms with Crippen LogP contribution in [-0.4, -0.2) is 59.7 Å². The summed E-state index contributed by atoms with van der Waals surface area (Å²) in [6, 6.07) is 11.6. The Morgan fingerprint density at radius 2 is 1.93 bits per heavy atom. The molecular formula is C21H24N4O3S. The van der Waals surface area contributed by atoms with Crippen molar-refractivity contribution >= 4 is 27.0 Å². The van der Waals surface area contributed by atoms with E-state index in [0.29, 0.717) is 50.1 Å². The van der Waals surface area contributed by atoms with E-state index in [1.165, 1.54) is 16.1 Å². The molecule has 3 aromatic rings. The van der Waals surface area contributed by atoms with Gasteiger partial charge in [0.15, 0.2) is 0 Å². The molecule has 0 bridgehead atoms. The molecule has 0 atom stereocenters. The number of carbonyl (C=O) groups excluding carboxylic acids is 1. The number of carbonyl (C=O) groups is 1. The number of nitrogens with one attached hydrogen (secondary N) is 1. The van der Waals surface area contributed by atoms with Crippen LogP contribution in [0.2, 0.25) is 0 Å².